The SMILES string of the molecule is O=C(NC[C@H]1CCCO1)c1cccc(N2C(=O)c3ccc(Br)cc3C2=O)c1. The summed E-state index contributed by atoms with van der Waals surface area (Å²) >= 11 is 3.32. The fourth-order valence-corrected chi connectivity index (χ4v) is 3.71. The molecular formula is C20H17BrN2O4. The van der Waals surface area contributed by atoms with E-state index in [0.717, 1.165) is 28.8 Å². The van der Waals surface area contributed by atoms with Crippen molar-refractivity contribution < 1.29 is 19.1 Å². The van der Waals surface area contributed by atoms with Crippen LogP contribution >= 0.6 is 15.9 Å². The van der Waals surface area contributed by atoms with Gasteiger partial charge in [0.1, 0.15) is 0 Å². The van der Waals surface area contributed by atoms with Crippen LogP contribution in [0.15, 0.2) is 46.9 Å². The molecular weight excluding hydrogens is 412 g/mol. The number of benzene rings is 2. The average Bonchev–Trinajstić information content (AvgIpc) is 3.27. The monoisotopic (exact) mass is 428 g/mol. The molecule has 0 aromatic heterocycles. The number of carbonyl (C=O) groups is 3. The summed E-state index contributed by atoms with van der Waals surface area (Å²) in [6, 6.07) is 11.5. The van der Waals surface area contributed by atoms with Gasteiger partial charge in [0.15, 0.2) is 0 Å². The van der Waals surface area contributed by atoms with Gasteiger partial charge in [-0.15, -0.1) is 0 Å². The van der Waals surface area contributed by atoms with Gasteiger partial charge >= 0.3 is 0 Å². The zero-order chi connectivity index (χ0) is 19.0. The number of anilines is 1. The van der Waals surface area contributed by atoms with Crippen molar-refractivity contribution in [2.24, 2.45) is 0 Å². The third-order valence-corrected chi connectivity index (χ3v) is 5.22. The lowest BCUT2D eigenvalue weighted by Crippen LogP contribution is -2.32. The maximum Gasteiger partial charge on any atom is 0.266 e. The number of amides is 3. The van der Waals surface area contributed by atoms with Crippen molar-refractivity contribution in [2.45, 2.75) is 18.9 Å². The van der Waals surface area contributed by atoms with E-state index < -0.39 is 5.91 Å². The lowest BCUT2D eigenvalue weighted by molar-refractivity contribution is 0.0856. The Balaban J connectivity index is 1.55. The minimum Gasteiger partial charge on any atom is -0.376 e. The summed E-state index contributed by atoms with van der Waals surface area (Å²) in [5.74, 6) is -1.04. The zero-order valence-electron chi connectivity index (χ0n) is 14.4. The quantitative estimate of drug-likeness (QED) is 0.758. The van der Waals surface area contributed by atoms with E-state index in [0.29, 0.717) is 28.9 Å². The first-order chi connectivity index (χ1) is 13.0. The second-order valence-corrected chi connectivity index (χ2v) is 7.45. The van der Waals surface area contributed by atoms with Crippen molar-refractivity contribution in [3.63, 3.8) is 0 Å². The van der Waals surface area contributed by atoms with E-state index in [-0.39, 0.29) is 17.9 Å². The predicted molar refractivity (Wildman–Crippen MR) is 103 cm³/mol. The molecule has 1 fully saturated rings. The van der Waals surface area contributed by atoms with Crippen LogP contribution in [0.1, 0.15) is 43.9 Å². The summed E-state index contributed by atoms with van der Waals surface area (Å²) in [5, 5.41) is 2.85. The maximum atomic E-state index is 12.7. The number of nitrogens with one attached hydrogen (secondary N) is 1. The minimum atomic E-state index is -0.395. The van der Waals surface area contributed by atoms with E-state index in [9.17, 15) is 14.4 Å². The van der Waals surface area contributed by atoms with Gasteiger partial charge in [-0.3, -0.25) is 14.4 Å². The van der Waals surface area contributed by atoms with Gasteiger partial charge in [0, 0.05) is 23.2 Å². The summed E-state index contributed by atoms with van der Waals surface area (Å²) in [4.78, 5) is 38.9. The van der Waals surface area contributed by atoms with Gasteiger partial charge < -0.3 is 10.1 Å². The van der Waals surface area contributed by atoms with Crippen molar-refractivity contribution in [1.82, 2.24) is 5.32 Å². The smallest absolute Gasteiger partial charge is 0.266 e. The van der Waals surface area contributed by atoms with Crippen molar-refractivity contribution in [1.29, 1.82) is 0 Å². The van der Waals surface area contributed by atoms with Crippen LogP contribution in [-0.4, -0.2) is 37.0 Å². The van der Waals surface area contributed by atoms with Gasteiger partial charge in [0.2, 0.25) is 0 Å². The molecule has 1 N–H and O–H groups in total. The molecule has 0 saturated carbocycles. The van der Waals surface area contributed by atoms with Gasteiger partial charge in [0.05, 0.1) is 22.9 Å². The molecule has 0 unspecified atom stereocenters. The van der Waals surface area contributed by atoms with Gasteiger partial charge in [-0.1, -0.05) is 22.0 Å². The Labute approximate surface area is 164 Å². The van der Waals surface area contributed by atoms with Crippen LogP contribution in [0, 0.1) is 0 Å². The van der Waals surface area contributed by atoms with Crippen molar-refractivity contribution in [3.05, 3.63) is 63.6 Å². The Morgan fingerprint density at radius 3 is 2.74 bits per heavy atom. The van der Waals surface area contributed by atoms with Gasteiger partial charge in [-0.05, 0) is 49.2 Å². The van der Waals surface area contributed by atoms with E-state index in [1.54, 1.807) is 42.5 Å². The summed E-state index contributed by atoms with van der Waals surface area (Å²) in [7, 11) is 0. The number of nitrogens with zero attached hydrogens (tertiary/aromatic N) is 1. The number of fused-ring (bicyclic) bond motifs is 1. The van der Waals surface area contributed by atoms with E-state index >= 15 is 0 Å². The molecule has 3 amide bonds. The maximum absolute atomic E-state index is 12.7. The van der Waals surface area contributed by atoms with Crippen molar-refractivity contribution >= 4 is 39.3 Å². The molecule has 0 bridgehead atoms. The Hall–Kier alpha value is -2.51. The largest absolute Gasteiger partial charge is 0.376 e. The van der Waals surface area contributed by atoms with Gasteiger partial charge in [-0.25, -0.2) is 4.90 Å². The fourth-order valence-electron chi connectivity index (χ4n) is 3.35. The van der Waals surface area contributed by atoms with Crippen LogP contribution in [0.2, 0.25) is 0 Å². The number of hydrogen-bond acceptors (Lipinski definition) is 4. The highest BCUT2D eigenvalue weighted by atomic mass is 79.9. The Kier molecular flexibility index (Phi) is 4.80. The van der Waals surface area contributed by atoms with Crippen LogP contribution in [0.25, 0.3) is 0 Å². The summed E-state index contributed by atoms with van der Waals surface area (Å²) < 4.78 is 6.23. The van der Waals surface area contributed by atoms with Gasteiger partial charge in [-0.2, -0.15) is 0 Å². The van der Waals surface area contributed by atoms with Crippen LogP contribution in [0.5, 0.6) is 0 Å². The highest BCUT2D eigenvalue weighted by Gasteiger charge is 2.36. The van der Waals surface area contributed by atoms with Crippen LogP contribution in [0.4, 0.5) is 5.69 Å². The molecule has 4 rings (SSSR count). The van der Waals surface area contributed by atoms with E-state index in [2.05, 4.69) is 21.2 Å². The highest BCUT2D eigenvalue weighted by molar-refractivity contribution is 9.10. The Morgan fingerprint density at radius 2 is 1.96 bits per heavy atom. The summed E-state index contributed by atoms with van der Waals surface area (Å²) in [6.45, 7) is 1.18. The molecule has 138 valence electrons. The molecule has 27 heavy (non-hydrogen) atoms. The molecule has 0 spiro atoms. The normalized spacial score (nSPS) is 18.7. The molecule has 2 aliphatic rings. The summed E-state index contributed by atoms with van der Waals surface area (Å²) in [5.41, 5.74) is 1.48. The molecule has 1 atom stereocenters. The highest BCUT2D eigenvalue weighted by Crippen LogP contribution is 2.30. The molecule has 2 aliphatic heterocycles. The minimum absolute atomic E-state index is 0.0480. The summed E-state index contributed by atoms with van der Waals surface area (Å²) in [6.07, 6.45) is 1.99. The first kappa shape index (κ1) is 17.9. The third kappa shape index (κ3) is 3.40. The predicted octanol–water partition coefficient (Wildman–Crippen LogP) is 3.16. The van der Waals surface area contributed by atoms with Crippen LogP contribution in [-0.2, 0) is 4.74 Å². The number of carbonyl (C=O) groups excluding carboxylic acids is 3. The molecule has 7 heteroatoms. The lowest BCUT2D eigenvalue weighted by atomic mass is 10.1. The second kappa shape index (κ2) is 7.25. The Bertz CT molecular complexity index is 937. The van der Waals surface area contributed by atoms with E-state index in [1.165, 1.54) is 0 Å². The third-order valence-electron chi connectivity index (χ3n) is 4.73. The number of ether oxygens (including phenoxy) is 1. The van der Waals surface area contributed by atoms with Crippen LogP contribution in [0.3, 0.4) is 0 Å². The number of rotatable bonds is 4. The van der Waals surface area contributed by atoms with Crippen molar-refractivity contribution in [3.8, 4) is 0 Å². The molecule has 1 saturated heterocycles. The van der Waals surface area contributed by atoms with Crippen LogP contribution < -0.4 is 10.2 Å². The molecule has 2 aromatic carbocycles. The second-order valence-electron chi connectivity index (χ2n) is 6.53. The first-order valence-corrected chi connectivity index (χ1v) is 9.52. The number of hydrogen-bond donors (Lipinski definition) is 1. The topological polar surface area (TPSA) is 75.7 Å². The molecule has 6 nitrogen and oxygen atoms in total. The van der Waals surface area contributed by atoms with Gasteiger partial charge in [0.25, 0.3) is 17.7 Å². The lowest BCUT2D eigenvalue weighted by Gasteiger charge is -2.15. The zero-order valence-corrected chi connectivity index (χ0v) is 16.0. The molecule has 0 radical (unpaired) electrons. The van der Waals surface area contributed by atoms with E-state index in [4.69, 9.17) is 4.74 Å². The first-order valence-electron chi connectivity index (χ1n) is 8.73. The number of halogens is 1. The number of imide groups is 1. The van der Waals surface area contributed by atoms with E-state index in [1.807, 2.05) is 0 Å². The molecule has 2 heterocycles. The molecule has 2 aromatic rings. The standard InChI is InChI=1S/C20H17BrN2O4/c21-13-6-7-16-17(10-13)20(26)23(19(16)25)14-4-1-3-12(9-14)18(24)22-11-15-5-2-8-27-15/h1,3-4,6-7,9-10,15H,2,5,8,11H2,(H,22,24)/t15-/m1/s1. The molecule has 0 aliphatic carbocycles. The Morgan fingerprint density at radius 1 is 1.15 bits per heavy atom. The van der Waals surface area contributed by atoms with Crippen molar-refractivity contribution in [2.75, 3.05) is 18.1 Å². The fraction of sp³-hybridized carbons (Fsp3) is 0.250. The average molecular weight is 429 g/mol.